The summed E-state index contributed by atoms with van der Waals surface area (Å²) in [4.78, 5) is 22.2. The topological polar surface area (TPSA) is 93.2 Å². The lowest BCUT2D eigenvalue weighted by Crippen LogP contribution is -2.02. The molecular weight excluding hydrogens is 244 g/mol. The quantitative estimate of drug-likeness (QED) is 0.270. The third-order valence-electron chi connectivity index (χ3n) is 1.92. The molecule has 0 aliphatic rings. The lowest BCUT2D eigenvalue weighted by atomic mass is 10.2. The van der Waals surface area contributed by atoms with Gasteiger partial charge in [-0.2, -0.15) is 5.26 Å². The van der Waals surface area contributed by atoms with Gasteiger partial charge in [-0.15, -0.1) is 11.3 Å². The van der Waals surface area contributed by atoms with E-state index in [4.69, 9.17) is 5.26 Å². The van der Waals surface area contributed by atoms with Gasteiger partial charge in [0.1, 0.15) is 11.6 Å². The van der Waals surface area contributed by atoms with Gasteiger partial charge in [0.25, 0.3) is 5.69 Å². The van der Waals surface area contributed by atoms with Crippen LogP contribution < -0.4 is 0 Å². The maximum Gasteiger partial charge on any atom is 0.348 e. The van der Waals surface area contributed by atoms with Crippen LogP contribution in [0.3, 0.4) is 0 Å². The van der Waals surface area contributed by atoms with E-state index in [1.165, 1.54) is 12.1 Å². The van der Waals surface area contributed by atoms with E-state index in [1.54, 1.807) is 13.0 Å². The number of thiophene rings is 1. The second kappa shape index (κ2) is 5.23. The Morgan fingerprint density at radius 3 is 2.76 bits per heavy atom. The van der Waals surface area contributed by atoms with Crippen molar-refractivity contribution in [1.29, 1.82) is 5.26 Å². The molecule has 0 aromatic carbocycles. The number of esters is 1. The minimum absolute atomic E-state index is 0.0246. The van der Waals surface area contributed by atoms with Gasteiger partial charge in [0.05, 0.1) is 16.9 Å². The molecule has 1 rings (SSSR count). The molecular formula is C10H8N2O4S. The first-order chi connectivity index (χ1) is 7.99. The van der Waals surface area contributed by atoms with E-state index in [0.29, 0.717) is 9.75 Å². The molecule has 6 nitrogen and oxygen atoms in total. The fourth-order valence-corrected chi connectivity index (χ4v) is 2.08. The molecule has 0 radical (unpaired) electrons. The molecule has 0 saturated carbocycles. The molecule has 0 fully saturated rings. The van der Waals surface area contributed by atoms with Crippen LogP contribution in [0.2, 0.25) is 0 Å². The first-order valence-electron chi connectivity index (χ1n) is 4.44. The van der Waals surface area contributed by atoms with Crippen molar-refractivity contribution in [3.8, 4) is 6.07 Å². The van der Waals surface area contributed by atoms with Crippen LogP contribution in [0.1, 0.15) is 9.75 Å². The van der Waals surface area contributed by atoms with E-state index < -0.39 is 10.9 Å². The molecule has 0 bridgehead atoms. The number of nitriles is 1. The summed E-state index contributed by atoms with van der Waals surface area (Å²) in [6.07, 6.45) is 1.27. The largest absolute Gasteiger partial charge is 0.465 e. The first-order valence-corrected chi connectivity index (χ1v) is 5.26. The first kappa shape index (κ1) is 12.9. The Bertz CT molecular complexity index is 539. The zero-order valence-corrected chi connectivity index (χ0v) is 9.91. The monoisotopic (exact) mass is 252 g/mol. The second-order valence-corrected chi connectivity index (χ2v) is 4.30. The number of rotatable bonds is 3. The van der Waals surface area contributed by atoms with Gasteiger partial charge >= 0.3 is 5.97 Å². The van der Waals surface area contributed by atoms with Crippen LogP contribution in [0.15, 0.2) is 11.6 Å². The van der Waals surface area contributed by atoms with Gasteiger partial charge in [-0.05, 0) is 13.0 Å². The summed E-state index contributed by atoms with van der Waals surface area (Å²) in [6, 6.07) is 3.00. The average molecular weight is 252 g/mol. The van der Waals surface area contributed by atoms with Crippen molar-refractivity contribution in [3.05, 3.63) is 31.5 Å². The maximum atomic E-state index is 11.1. The number of hydrogen-bond acceptors (Lipinski definition) is 6. The molecule has 1 aromatic heterocycles. The molecule has 0 atom stereocenters. The predicted octanol–water partition coefficient (Wildman–Crippen LogP) is 2.04. The van der Waals surface area contributed by atoms with E-state index in [1.807, 2.05) is 0 Å². The zero-order valence-electron chi connectivity index (χ0n) is 9.09. The van der Waals surface area contributed by atoms with Gasteiger partial charge in [-0.25, -0.2) is 4.79 Å². The van der Waals surface area contributed by atoms with Gasteiger partial charge < -0.3 is 4.74 Å². The van der Waals surface area contributed by atoms with E-state index in [-0.39, 0.29) is 11.3 Å². The normalized spacial score (nSPS) is 10.8. The van der Waals surface area contributed by atoms with Crippen molar-refractivity contribution in [2.75, 3.05) is 7.11 Å². The Morgan fingerprint density at radius 1 is 1.71 bits per heavy atom. The van der Waals surface area contributed by atoms with Gasteiger partial charge in [-0.3, -0.25) is 10.1 Å². The van der Waals surface area contributed by atoms with Crippen LogP contribution in [0, 0.1) is 28.4 Å². The van der Waals surface area contributed by atoms with E-state index in [2.05, 4.69) is 4.74 Å². The van der Waals surface area contributed by atoms with Crippen molar-refractivity contribution in [2.45, 2.75) is 6.92 Å². The highest BCUT2D eigenvalue weighted by Gasteiger charge is 2.16. The smallest absolute Gasteiger partial charge is 0.348 e. The lowest BCUT2D eigenvalue weighted by molar-refractivity contribution is -0.385. The van der Waals surface area contributed by atoms with Gasteiger partial charge in [-0.1, -0.05) is 0 Å². The number of aryl methyl sites for hydroxylation is 1. The van der Waals surface area contributed by atoms with Crippen molar-refractivity contribution in [2.24, 2.45) is 0 Å². The molecule has 88 valence electrons. The van der Waals surface area contributed by atoms with Crippen LogP contribution in [0.5, 0.6) is 0 Å². The summed E-state index contributed by atoms with van der Waals surface area (Å²) >= 11 is 1.14. The molecule has 17 heavy (non-hydrogen) atoms. The van der Waals surface area contributed by atoms with Crippen molar-refractivity contribution in [1.82, 2.24) is 0 Å². The summed E-state index contributed by atoms with van der Waals surface area (Å²) in [7, 11) is 1.16. The number of carbonyl (C=O) groups is 1. The molecule has 0 spiro atoms. The number of hydrogen-bond donors (Lipinski definition) is 0. The summed E-state index contributed by atoms with van der Waals surface area (Å²) in [5.74, 6) is -0.763. The van der Waals surface area contributed by atoms with Crippen LogP contribution in [-0.2, 0) is 9.53 Å². The van der Waals surface area contributed by atoms with Crippen LogP contribution in [-0.4, -0.2) is 18.0 Å². The van der Waals surface area contributed by atoms with Crippen molar-refractivity contribution in [3.63, 3.8) is 0 Å². The lowest BCUT2D eigenvalue weighted by Gasteiger charge is -1.93. The second-order valence-electron chi connectivity index (χ2n) is 3.01. The summed E-state index contributed by atoms with van der Waals surface area (Å²) in [6.45, 7) is 1.60. The third kappa shape index (κ3) is 2.89. The highest BCUT2D eigenvalue weighted by molar-refractivity contribution is 7.13. The zero-order chi connectivity index (χ0) is 13.0. The molecule has 7 heteroatoms. The summed E-state index contributed by atoms with van der Waals surface area (Å²) in [5, 5.41) is 19.3. The summed E-state index contributed by atoms with van der Waals surface area (Å²) < 4.78 is 4.40. The number of methoxy groups -OCH3 is 1. The van der Waals surface area contributed by atoms with Gasteiger partial charge in [0.15, 0.2) is 0 Å². The molecule has 0 saturated heterocycles. The van der Waals surface area contributed by atoms with Gasteiger partial charge in [0.2, 0.25) is 0 Å². The van der Waals surface area contributed by atoms with E-state index in [0.717, 1.165) is 18.4 Å². The standard InChI is InChI=1S/C10H8N2O4S/c1-6-9(12(14)15)4-8(17-6)3-7(5-11)10(13)16-2/h3-4H,1-2H3/b7-3-. The Labute approximate surface area is 101 Å². The molecule has 0 amide bonds. The molecule has 1 aromatic rings. The molecule has 0 unspecified atom stereocenters. The average Bonchev–Trinajstić information content (AvgIpc) is 2.66. The Hall–Kier alpha value is -2.20. The number of nitro groups is 1. The summed E-state index contributed by atoms with van der Waals surface area (Å²) in [5.41, 5.74) is -0.216. The SMILES string of the molecule is COC(=O)/C(C#N)=C\c1cc([N+](=O)[O-])c(C)s1. The predicted molar refractivity (Wildman–Crippen MR) is 61.3 cm³/mol. The molecule has 1 heterocycles. The van der Waals surface area contributed by atoms with Crippen LogP contribution in [0.4, 0.5) is 5.69 Å². The minimum Gasteiger partial charge on any atom is -0.465 e. The Balaban J connectivity index is 3.14. The molecule has 0 aliphatic carbocycles. The third-order valence-corrected chi connectivity index (χ3v) is 2.91. The van der Waals surface area contributed by atoms with Crippen molar-refractivity contribution >= 4 is 29.1 Å². The molecule has 0 aliphatic heterocycles. The minimum atomic E-state index is -0.763. The maximum absolute atomic E-state index is 11.1. The van der Waals surface area contributed by atoms with E-state index >= 15 is 0 Å². The molecule has 0 N–H and O–H groups in total. The fourth-order valence-electron chi connectivity index (χ4n) is 1.14. The number of carbonyl (C=O) groups excluding carboxylic acids is 1. The highest BCUT2D eigenvalue weighted by atomic mass is 32.1. The van der Waals surface area contributed by atoms with Crippen molar-refractivity contribution < 1.29 is 14.5 Å². The highest BCUT2D eigenvalue weighted by Crippen LogP contribution is 2.29. The van der Waals surface area contributed by atoms with Gasteiger partial charge in [0, 0.05) is 10.9 Å². The Morgan fingerprint density at radius 2 is 2.35 bits per heavy atom. The van der Waals surface area contributed by atoms with Crippen LogP contribution in [0.25, 0.3) is 6.08 Å². The number of nitrogens with zero attached hydrogens (tertiary/aromatic N) is 2. The van der Waals surface area contributed by atoms with E-state index in [9.17, 15) is 14.9 Å². The van der Waals surface area contributed by atoms with Crippen LogP contribution >= 0.6 is 11.3 Å². The fraction of sp³-hybridized carbons (Fsp3) is 0.200. The Kier molecular flexibility index (Phi) is 3.96. The number of ether oxygens (including phenoxy) is 1.